The molecule has 0 spiro atoms. The Morgan fingerprint density at radius 3 is 2.09 bits per heavy atom. The molecule has 0 aromatic heterocycles. The fourth-order valence-corrected chi connectivity index (χ4v) is 5.14. The maximum absolute atomic E-state index is 14.6. The highest BCUT2D eigenvalue weighted by Gasteiger charge is 2.36. The van der Waals surface area contributed by atoms with Crippen molar-refractivity contribution in [3.05, 3.63) is 89.0 Å². The molecule has 242 valence electrons. The largest absolute Gasteiger partial charge is 0.508 e. The second-order valence-corrected chi connectivity index (χ2v) is 12.3. The normalized spacial score (nSPS) is 12.5. The number of carbonyl (C=O) groups is 3. The van der Waals surface area contributed by atoms with E-state index in [0.29, 0.717) is 30.0 Å². The lowest BCUT2D eigenvalue weighted by Crippen LogP contribution is -2.53. The van der Waals surface area contributed by atoms with Gasteiger partial charge in [0.05, 0.1) is 7.11 Å². The predicted octanol–water partition coefficient (Wildman–Crippen LogP) is 6.85. The van der Waals surface area contributed by atoms with Gasteiger partial charge in [-0.25, -0.2) is 4.79 Å². The zero-order valence-corrected chi connectivity index (χ0v) is 27.5. The summed E-state index contributed by atoms with van der Waals surface area (Å²) in [5.41, 5.74) is 3.09. The van der Waals surface area contributed by atoms with Gasteiger partial charge in [0.2, 0.25) is 5.91 Å². The fraction of sp³-hybridized carbons (Fsp3) is 0.417. The SMILES string of the molecule is CCCCCN(C(=O)C(Cc1ccc(O)cc1)NC(=O)OC(C)(C)C)C(C(=O)Nc1ccc(OC)cc1)c1cc(C)cc(C)c1. The van der Waals surface area contributed by atoms with Crippen LogP contribution in [-0.2, 0) is 20.7 Å². The minimum absolute atomic E-state index is 0.0907. The van der Waals surface area contributed by atoms with Gasteiger partial charge >= 0.3 is 6.09 Å². The molecule has 0 saturated carbocycles. The number of carbonyl (C=O) groups excluding carboxylic acids is 3. The van der Waals surface area contributed by atoms with E-state index in [1.807, 2.05) is 32.0 Å². The molecule has 0 heterocycles. The molecule has 0 bridgehead atoms. The van der Waals surface area contributed by atoms with Crippen molar-refractivity contribution in [2.24, 2.45) is 0 Å². The Morgan fingerprint density at radius 1 is 0.911 bits per heavy atom. The number of phenolic OH excluding ortho intramolecular Hbond substituents is 1. The average molecular weight is 618 g/mol. The van der Waals surface area contributed by atoms with Crippen molar-refractivity contribution in [2.75, 3.05) is 19.0 Å². The quantitative estimate of drug-likeness (QED) is 0.181. The number of hydrogen-bond donors (Lipinski definition) is 3. The number of nitrogens with one attached hydrogen (secondary N) is 2. The number of phenols is 1. The smallest absolute Gasteiger partial charge is 0.408 e. The van der Waals surface area contributed by atoms with Gasteiger partial charge in [-0.05, 0) is 88.6 Å². The molecule has 0 aliphatic rings. The van der Waals surface area contributed by atoms with E-state index in [1.54, 1.807) is 69.2 Å². The molecule has 2 atom stereocenters. The number of anilines is 1. The van der Waals surface area contributed by atoms with Gasteiger partial charge in [-0.2, -0.15) is 0 Å². The number of benzene rings is 3. The summed E-state index contributed by atoms with van der Waals surface area (Å²) >= 11 is 0. The molecule has 0 radical (unpaired) electrons. The summed E-state index contributed by atoms with van der Waals surface area (Å²) in [6, 6.07) is 17.3. The van der Waals surface area contributed by atoms with Crippen LogP contribution in [0.25, 0.3) is 0 Å². The number of aryl methyl sites for hydroxylation is 2. The first-order chi connectivity index (χ1) is 21.3. The van der Waals surface area contributed by atoms with E-state index in [1.165, 1.54) is 12.1 Å². The van der Waals surface area contributed by atoms with Gasteiger partial charge in [-0.15, -0.1) is 0 Å². The number of amides is 3. The molecule has 3 aromatic carbocycles. The van der Waals surface area contributed by atoms with Crippen LogP contribution in [0.15, 0.2) is 66.7 Å². The Kier molecular flexibility index (Phi) is 12.4. The number of unbranched alkanes of at least 4 members (excludes halogenated alkanes) is 2. The minimum atomic E-state index is -1.05. The van der Waals surface area contributed by atoms with E-state index in [9.17, 15) is 19.5 Å². The highest BCUT2D eigenvalue weighted by Crippen LogP contribution is 2.28. The summed E-state index contributed by atoms with van der Waals surface area (Å²) in [5.74, 6) is -0.0525. The summed E-state index contributed by atoms with van der Waals surface area (Å²) in [4.78, 5) is 43.5. The molecule has 3 rings (SSSR count). The number of ether oxygens (including phenoxy) is 2. The first kappa shape index (κ1) is 35.0. The van der Waals surface area contributed by atoms with Crippen LogP contribution >= 0.6 is 0 Å². The Morgan fingerprint density at radius 2 is 1.53 bits per heavy atom. The Bertz CT molecular complexity index is 1410. The van der Waals surface area contributed by atoms with E-state index in [0.717, 1.165) is 29.5 Å². The van der Waals surface area contributed by atoms with E-state index >= 15 is 0 Å². The van der Waals surface area contributed by atoms with Gasteiger partial charge in [-0.1, -0.05) is 61.2 Å². The van der Waals surface area contributed by atoms with Crippen LogP contribution in [0.5, 0.6) is 11.5 Å². The second-order valence-electron chi connectivity index (χ2n) is 12.3. The van der Waals surface area contributed by atoms with E-state index < -0.39 is 29.7 Å². The lowest BCUT2D eigenvalue weighted by Gasteiger charge is -2.35. The van der Waals surface area contributed by atoms with Crippen LogP contribution in [0.3, 0.4) is 0 Å². The van der Waals surface area contributed by atoms with E-state index in [2.05, 4.69) is 17.6 Å². The van der Waals surface area contributed by atoms with Crippen LogP contribution in [0.2, 0.25) is 0 Å². The summed E-state index contributed by atoms with van der Waals surface area (Å²) in [5, 5.41) is 15.6. The van der Waals surface area contributed by atoms with Crippen molar-refractivity contribution >= 4 is 23.6 Å². The maximum atomic E-state index is 14.6. The highest BCUT2D eigenvalue weighted by atomic mass is 16.6. The van der Waals surface area contributed by atoms with Gasteiger partial charge in [-0.3, -0.25) is 9.59 Å². The molecule has 0 aliphatic carbocycles. The molecular weight excluding hydrogens is 570 g/mol. The molecule has 0 saturated heterocycles. The van der Waals surface area contributed by atoms with Crippen LogP contribution in [0, 0.1) is 13.8 Å². The lowest BCUT2D eigenvalue weighted by atomic mass is 9.97. The maximum Gasteiger partial charge on any atom is 0.408 e. The van der Waals surface area contributed by atoms with Gasteiger partial charge in [0.25, 0.3) is 5.91 Å². The summed E-state index contributed by atoms with van der Waals surface area (Å²) in [6.45, 7) is 11.5. The third kappa shape index (κ3) is 10.8. The number of rotatable bonds is 13. The molecule has 2 unspecified atom stereocenters. The van der Waals surface area contributed by atoms with Gasteiger partial charge in [0.1, 0.15) is 29.2 Å². The first-order valence-electron chi connectivity index (χ1n) is 15.4. The molecule has 3 aromatic rings. The average Bonchev–Trinajstić information content (AvgIpc) is 2.96. The van der Waals surface area contributed by atoms with Crippen LogP contribution in [0.1, 0.15) is 75.3 Å². The zero-order valence-electron chi connectivity index (χ0n) is 27.5. The van der Waals surface area contributed by atoms with E-state index in [-0.39, 0.29) is 18.1 Å². The third-order valence-corrected chi connectivity index (χ3v) is 7.13. The van der Waals surface area contributed by atoms with Crippen molar-refractivity contribution in [1.82, 2.24) is 10.2 Å². The predicted molar refractivity (Wildman–Crippen MR) is 176 cm³/mol. The van der Waals surface area contributed by atoms with Gasteiger partial charge in [0, 0.05) is 18.7 Å². The molecule has 45 heavy (non-hydrogen) atoms. The summed E-state index contributed by atoms with van der Waals surface area (Å²) < 4.78 is 10.8. The summed E-state index contributed by atoms with van der Waals surface area (Å²) in [6.07, 6.45) is 1.83. The Balaban J connectivity index is 2.09. The minimum Gasteiger partial charge on any atom is -0.508 e. The molecule has 9 nitrogen and oxygen atoms in total. The molecule has 3 N–H and O–H groups in total. The number of alkyl carbamates (subject to hydrolysis) is 1. The zero-order chi connectivity index (χ0) is 33.1. The van der Waals surface area contributed by atoms with Crippen molar-refractivity contribution in [1.29, 1.82) is 0 Å². The van der Waals surface area contributed by atoms with Crippen molar-refractivity contribution < 1.29 is 29.0 Å². The molecule has 9 heteroatoms. The highest BCUT2D eigenvalue weighted by molar-refractivity contribution is 5.99. The summed E-state index contributed by atoms with van der Waals surface area (Å²) in [7, 11) is 1.57. The Labute approximate surface area is 266 Å². The monoisotopic (exact) mass is 617 g/mol. The first-order valence-corrected chi connectivity index (χ1v) is 15.4. The van der Waals surface area contributed by atoms with E-state index in [4.69, 9.17) is 9.47 Å². The lowest BCUT2D eigenvalue weighted by molar-refractivity contribution is -0.140. The molecular formula is C36H47N3O6. The van der Waals surface area contributed by atoms with Crippen molar-refractivity contribution in [3.63, 3.8) is 0 Å². The van der Waals surface area contributed by atoms with Gasteiger partial charge in [0.15, 0.2) is 0 Å². The topological polar surface area (TPSA) is 117 Å². The van der Waals surface area contributed by atoms with Gasteiger partial charge < -0.3 is 30.1 Å². The Hall–Kier alpha value is -4.53. The van der Waals surface area contributed by atoms with Crippen LogP contribution in [0.4, 0.5) is 10.5 Å². The number of nitrogens with zero attached hydrogens (tertiary/aromatic N) is 1. The number of hydrogen-bond acceptors (Lipinski definition) is 6. The van der Waals surface area contributed by atoms with Crippen molar-refractivity contribution in [2.45, 2.75) is 84.9 Å². The van der Waals surface area contributed by atoms with Crippen molar-refractivity contribution in [3.8, 4) is 11.5 Å². The third-order valence-electron chi connectivity index (χ3n) is 7.13. The van der Waals surface area contributed by atoms with Crippen LogP contribution < -0.4 is 15.4 Å². The number of methoxy groups -OCH3 is 1. The molecule has 3 amide bonds. The second kappa shape index (κ2) is 16.0. The number of aromatic hydroxyl groups is 1. The van der Waals surface area contributed by atoms with Crippen LogP contribution in [-0.4, -0.2) is 53.2 Å². The standard InChI is InChI=1S/C36H47N3O6/c1-8-9-10-19-39(34(42)31(38-35(43)45-36(4,5)6)23-26-11-15-29(40)16-12-26)32(27-21-24(2)20-25(3)22-27)33(41)37-28-13-17-30(44-7)18-14-28/h11-18,20-22,31-32,40H,8-10,19,23H2,1-7H3,(H,37,41)(H,38,43). The molecule has 0 fully saturated rings. The molecule has 0 aliphatic heterocycles. The fourth-order valence-electron chi connectivity index (χ4n) is 5.14.